The zero-order valence-electron chi connectivity index (χ0n) is 10.7. The van der Waals surface area contributed by atoms with Crippen LogP contribution in [0.15, 0.2) is 12.1 Å². The van der Waals surface area contributed by atoms with Crippen LogP contribution in [-0.2, 0) is 10.0 Å². The summed E-state index contributed by atoms with van der Waals surface area (Å²) in [5.41, 5.74) is 0.907. The molecule has 1 aliphatic rings. The highest BCUT2D eigenvalue weighted by atomic mass is 35.5. The summed E-state index contributed by atoms with van der Waals surface area (Å²) >= 11 is 12.1. The molecule has 1 aromatic rings. The Bertz CT molecular complexity index is 593. The van der Waals surface area contributed by atoms with Crippen LogP contribution in [0.5, 0.6) is 5.75 Å². The van der Waals surface area contributed by atoms with Gasteiger partial charge in [-0.05, 0) is 25.1 Å². The number of rotatable bonds is 5. The van der Waals surface area contributed by atoms with Crippen molar-refractivity contribution in [3.05, 3.63) is 27.7 Å². The molecule has 0 spiro atoms. The van der Waals surface area contributed by atoms with Crippen molar-refractivity contribution in [3.63, 3.8) is 0 Å². The lowest BCUT2D eigenvalue weighted by Crippen LogP contribution is -2.29. The fourth-order valence-electron chi connectivity index (χ4n) is 2.19. The molecule has 1 aromatic carbocycles. The van der Waals surface area contributed by atoms with Gasteiger partial charge in [-0.15, -0.1) is 0 Å². The standard InChI is InChI=1S/C12H16Cl2N2O3S/c13-8-6-9-11(16-3-1-5-20(15,17)18)2-4-19-12(9)10(14)7-8/h6-7,11,16H,1-5H2,(H2,15,17,18). The van der Waals surface area contributed by atoms with E-state index in [0.29, 0.717) is 35.4 Å². The lowest BCUT2D eigenvalue weighted by molar-refractivity contribution is 0.253. The van der Waals surface area contributed by atoms with Gasteiger partial charge in [-0.1, -0.05) is 23.2 Å². The summed E-state index contributed by atoms with van der Waals surface area (Å²) in [6.45, 7) is 1.10. The van der Waals surface area contributed by atoms with E-state index < -0.39 is 10.0 Å². The number of nitrogens with one attached hydrogen (secondary N) is 1. The van der Waals surface area contributed by atoms with Crippen LogP contribution in [-0.4, -0.2) is 27.3 Å². The zero-order chi connectivity index (χ0) is 14.8. The Morgan fingerprint density at radius 1 is 1.40 bits per heavy atom. The van der Waals surface area contributed by atoms with E-state index in [-0.39, 0.29) is 11.8 Å². The molecular formula is C12H16Cl2N2O3S. The van der Waals surface area contributed by atoms with Gasteiger partial charge in [-0.2, -0.15) is 0 Å². The number of nitrogens with two attached hydrogens (primary N) is 1. The summed E-state index contributed by atoms with van der Waals surface area (Å²) < 4.78 is 27.3. The van der Waals surface area contributed by atoms with Gasteiger partial charge >= 0.3 is 0 Å². The third-order valence-electron chi connectivity index (χ3n) is 3.06. The van der Waals surface area contributed by atoms with Crippen molar-refractivity contribution in [1.29, 1.82) is 0 Å². The Hall–Kier alpha value is -0.530. The first-order chi connectivity index (χ1) is 9.37. The number of hydrogen-bond acceptors (Lipinski definition) is 4. The Kier molecular flexibility index (Phi) is 5.14. The van der Waals surface area contributed by atoms with Crippen LogP contribution in [0.2, 0.25) is 10.0 Å². The molecule has 0 aromatic heterocycles. The number of sulfonamides is 1. The quantitative estimate of drug-likeness (QED) is 0.805. The molecule has 0 saturated carbocycles. The Labute approximate surface area is 128 Å². The fourth-order valence-corrected chi connectivity index (χ4v) is 3.30. The van der Waals surface area contributed by atoms with E-state index in [1.165, 1.54) is 0 Å². The number of ether oxygens (including phenoxy) is 1. The van der Waals surface area contributed by atoms with Gasteiger partial charge in [0, 0.05) is 23.0 Å². The molecule has 0 fully saturated rings. The summed E-state index contributed by atoms with van der Waals surface area (Å²) in [7, 11) is -3.41. The minimum absolute atomic E-state index is 0.0353. The third kappa shape index (κ3) is 4.23. The maximum Gasteiger partial charge on any atom is 0.209 e. The van der Waals surface area contributed by atoms with Gasteiger partial charge in [0.25, 0.3) is 0 Å². The molecule has 1 unspecified atom stereocenters. The van der Waals surface area contributed by atoms with Crippen molar-refractivity contribution in [2.24, 2.45) is 5.14 Å². The Balaban J connectivity index is 2.02. The first-order valence-corrected chi connectivity index (χ1v) is 8.69. The van der Waals surface area contributed by atoms with Gasteiger partial charge in [0.05, 0.1) is 17.4 Å². The van der Waals surface area contributed by atoms with Gasteiger partial charge in [-0.3, -0.25) is 0 Å². The second-order valence-electron chi connectivity index (χ2n) is 4.67. The zero-order valence-corrected chi connectivity index (χ0v) is 13.1. The first kappa shape index (κ1) is 15.9. The SMILES string of the molecule is NS(=O)(=O)CCCNC1CCOc2c(Cl)cc(Cl)cc21. The van der Waals surface area contributed by atoms with Crippen molar-refractivity contribution in [1.82, 2.24) is 5.32 Å². The molecule has 8 heteroatoms. The minimum Gasteiger partial charge on any atom is -0.492 e. The van der Waals surface area contributed by atoms with Crippen LogP contribution in [0.3, 0.4) is 0 Å². The van der Waals surface area contributed by atoms with E-state index in [1.807, 2.05) is 6.07 Å². The van der Waals surface area contributed by atoms with Gasteiger partial charge in [0.15, 0.2) is 0 Å². The van der Waals surface area contributed by atoms with Crippen LogP contribution < -0.4 is 15.2 Å². The normalized spacial score (nSPS) is 18.4. The lowest BCUT2D eigenvalue weighted by atomic mass is 10.0. The molecule has 5 nitrogen and oxygen atoms in total. The monoisotopic (exact) mass is 338 g/mol. The van der Waals surface area contributed by atoms with Crippen molar-refractivity contribution in [2.45, 2.75) is 18.9 Å². The molecule has 0 amide bonds. The summed E-state index contributed by atoms with van der Waals surface area (Å²) in [6.07, 6.45) is 1.23. The molecule has 0 bridgehead atoms. The highest BCUT2D eigenvalue weighted by Crippen LogP contribution is 2.39. The second-order valence-corrected chi connectivity index (χ2v) is 7.25. The van der Waals surface area contributed by atoms with E-state index in [0.717, 1.165) is 12.0 Å². The van der Waals surface area contributed by atoms with Crippen LogP contribution in [0.4, 0.5) is 0 Å². The van der Waals surface area contributed by atoms with E-state index in [9.17, 15) is 8.42 Å². The van der Waals surface area contributed by atoms with Gasteiger partial charge in [-0.25, -0.2) is 13.6 Å². The number of fused-ring (bicyclic) bond motifs is 1. The fraction of sp³-hybridized carbons (Fsp3) is 0.500. The van der Waals surface area contributed by atoms with Gasteiger partial charge in [0.1, 0.15) is 5.75 Å². The molecule has 0 saturated heterocycles. The topological polar surface area (TPSA) is 81.4 Å². The predicted molar refractivity (Wildman–Crippen MR) is 79.9 cm³/mol. The summed E-state index contributed by atoms with van der Waals surface area (Å²) in [5.74, 6) is 0.609. The largest absolute Gasteiger partial charge is 0.492 e. The molecule has 112 valence electrons. The van der Waals surface area contributed by atoms with Crippen molar-refractivity contribution in [3.8, 4) is 5.75 Å². The minimum atomic E-state index is -3.41. The molecule has 0 radical (unpaired) electrons. The van der Waals surface area contributed by atoms with E-state index in [1.54, 1.807) is 6.07 Å². The van der Waals surface area contributed by atoms with Crippen LogP contribution >= 0.6 is 23.2 Å². The molecule has 0 aliphatic carbocycles. The lowest BCUT2D eigenvalue weighted by Gasteiger charge is -2.27. The van der Waals surface area contributed by atoms with Crippen LogP contribution in [0.25, 0.3) is 0 Å². The molecular weight excluding hydrogens is 323 g/mol. The average Bonchev–Trinajstić information content (AvgIpc) is 2.34. The van der Waals surface area contributed by atoms with Crippen LogP contribution in [0, 0.1) is 0 Å². The van der Waals surface area contributed by atoms with Crippen molar-refractivity contribution >= 4 is 33.2 Å². The number of benzene rings is 1. The Morgan fingerprint density at radius 2 is 2.15 bits per heavy atom. The molecule has 2 rings (SSSR count). The molecule has 20 heavy (non-hydrogen) atoms. The maximum absolute atomic E-state index is 10.9. The Morgan fingerprint density at radius 3 is 2.85 bits per heavy atom. The van der Waals surface area contributed by atoms with Gasteiger partial charge in [0.2, 0.25) is 10.0 Å². The highest BCUT2D eigenvalue weighted by molar-refractivity contribution is 7.89. The first-order valence-electron chi connectivity index (χ1n) is 6.22. The number of primary sulfonamides is 1. The maximum atomic E-state index is 10.9. The third-order valence-corrected chi connectivity index (χ3v) is 4.42. The molecule has 1 heterocycles. The number of hydrogen-bond donors (Lipinski definition) is 2. The summed E-state index contributed by atoms with van der Waals surface area (Å²) in [6, 6.07) is 3.51. The van der Waals surface area contributed by atoms with E-state index in [4.69, 9.17) is 33.1 Å². The predicted octanol–water partition coefficient (Wildman–Crippen LogP) is 2.09. The smallest absolute Gasteiger partial charge is 0.209 e. The van der Waals surface area contributed by atoms with Crippen molar-refractivity contribution < 1.29 is 13.2 Å². The highest BCUT2D eigenvalue weighted by Gasteiger charge is 2.23. The number of halogens is 2. The van der Waals surface area contributed by atoms with E-state index >= 15 is 0 Å². The summed E-state index contributed by atoms with van der Waals surface area (Å²) in [5, 5.41) is 9.29. The second kappa shape index (κ2) is 6.49. The van der Waals surface area contributed by atoms with Crippen molar-refractivity contribution in [2.75, 3.05) is 18.9 Å². The van der Waals surface area contributed by atoms with E-state index in [2.05, 4.69) is 5.32 Å². The van der Waals surface area contributed by atoms with Crippen LogP contribution in [0.1, 0.15) is 24.4 Å². The molecule has 1 atom stereocenters. The van der Waals surface area contributed by atoms with Gasteiger partial charge < -0.3 is 10.1 Å². The average molecular weight is 339 g/mol. The molecule has 1 aliphatic heterocycles. The molecule has 3 N–H and O–H groups in total. The summed E-state index contributed by atoms with van der Waals surface area (Å²) in [4.78, 5) is 0.